The molecule has 166 valence electrons. The summed E-state index contributed by atoms with van der Waals surface area (Å²) in [7, 11) is 0. The van der Waals surface area contributed by atoms with Crippen molar-refractivity contribution in [3.8, 4) is 11.5 Å². The normalized spacial score (nSPS) is 11.6. The number of hydrogen-bond acceptors (Lipinski definition) is 7. The van der Waals surface area contributed by atoms with Crippen LogP contribution >= 0.6 is 0 Å². The summed E-state index contributed by atoms with van der Waals surface area (Å²) in [6.07, 6.45) is 1.24. The van der Waals surface area contributed by atoms with Gasteiger partial charge in [-0.1, -0.05) is 4.48 Å². The van der Waals surface area contributed by atoms with Crippen LogP contribution in [-0.4, -0.2) is 33.3 Å². The van der Waals surface area contributed by atoms with Crippen LogP contribution in [0.15, 0.2) is 36.5 Å². The molecule has 0 spiro atoms. The van der Waals surface area contributed by atoms with Gasteiger partial charge in [0.15, 0.2) is 11.4 Å². The first kappa shape index (κ1) is 23.6. The van der Waals surface area contributed by atoms with E-state index in [0.29, 0.717) is 0 Å². The lowest BCUT2D eigenvalue weighted by molar-refractivity contribution is -0.384. The number of benzene rings is 1. The maximum Gasteiger partial charge on any atom is 0.357 e. The smallest absolute Gasteiger partial charge is 0.357 e. The summed E-state index contributed by atoms with van der Waals surface area (Å²) in [5.74, 6) is -7.20. The van der Waals surface area contributed by atoms with Crippen molar-refractivity contribution in [3.63, 3.8) is 0 Å². The van der Waals surface area contributed by atoms with E-state index in [0.717, 1.165) is 18.2 Å². The second-order valence-corrected chi connectivity index (χ2v) is 7.36. The molecule has 0 saturated carbocycles. The number of amides is 1. The summed E-state index contributed by atoms with van der Waals surface area (Å²) >= 11 is 0. The fourth-order valence-electron chi connectivity index (χ4n) is 2.21. The number of aromatic nitrogens is 1. The SMILES string of the molecule is CC(C)(C)OC(=O)c1cc(Oc2ccc(N(F)C(=O)C(C)(F)F)c([N+](=O)[O-])c2)ccn1. The number of esters is 1. The molecule has 0 N–H and O–H groups in total. The highest BCUT2D eigenvalue weighted by Crippen LogP contribution is 2.36. The summed E-state index contributed by atoms with van der Waals surface area (Å²) in [6.45, 7) is 5.16. The van der Waals surface area contributed by atoms with Gasteiger partial charge in [0.25, 0.3) is 5.69 Å². The highest BCUT2D eigenvalue weighted by molar-refractivity contribution is 5.98. The van der Waals surface area contributed by atoms with Gasteiger partial charge in [-0.05, 0) is 39.0 Å². The van der Waals surface area contributed by atoms with Crippen LogP contribution in [0.2, 0.25) is 0 Å². The molecule has 0 aliphatic heterocycles. The molecule has 1 amide bonds. The number of carbonyl (C=O) groups excluding carboxylic acids is 2. The highest BCUT2D eigenvalue weighted by Gasteiger charge is 2.40. The molecule has 9 nitrogen and oxygen atoms in total. The van der Waals surface area contributed by atoms with Gasteiger partial charge in [0, 0.05) is 19.2 Å². The number of alkyl halides is 2. The number of nitrogens with zero attached hydrogens (tertiary/aromatic N) is 3. The van der Waals surface area contributed by atoms with E-state index >= 15 is 0 Å². The number of halogens is 3. The third kappa shape index (κ3) is 6.14. The van der Waals surface area contributed by atoms with E-state index in [4.69, 9.17) is 9.47 Å². The van der Waals surface area contributed by atoms with Crippen molar-refractivity contribution in [2.75, 3.05) is 5.12 Å². The summed E-state index contributed by atoms with van der Waals surface area (Å²) in [5.41, 5.74) is -2.84. The first-order valence-corrected chi connectivity index (χ1v) is 8.73. The van der Waals surface area contributed by atoms with Gasteiger partial charge in [0.2, 0.25) is 0 Å². The largest absolute Gasteiger partial charge is 0.457 e. The van der Waals surface area contributed by atoms with Gasteiger partial charge in [0.1, 0.15) is 17.1 Å². The monoisotopic (exact) mass is 441 g/mol. The van der Waals surface area contributed by atoms with Crippen molar-refractivity contribution in [2.45, 2.75) is 39.2 Å². The van der Waals surface area contributed by atoms with Crippen LogP contribution in [0.4, 0.5) is 24.6 Å². The van der Waals surface area contributed by atoms with E-state index in [-0.39, 0.29) is 24.1 Å². The molecule has 0 saturated heterocycles. The van der Waals surface area contributed by atoms with Crippen LogP contribution in [-0.2, 0) is 9.53 Å². The molecule has 0 unspecified atom stereocenters. The first-order chi connectivity index (χ1) is 14.2. The second kappa shape index (κ2) is 8.58. The number of pyridine rings is 1. The van der Waals surface area contributed by atoms with Crippen molar-refractivity contribution < 1.29 is 37.2 Å². The molecular formula is C19H18F3N3O6. The van der Waals surface area contributed by atoms with Crippen molar-refractivity contribution >= 4 is 23.3 Å². The Morgan fingerprint density at radius 2 is 1.71 bits per heavy atom. The molecule has 12 heteroatoms. The van der Waals surface area contributed by atoms with Crippen molar-refractivity contribution in [1.29, 1.82) is 0 Å². The van der Waals surface area contributed by atoms with E-state index in [1.165, 1.54) is 18.3 Å². The van der Waals surface area contributed by atoms with Crippen LogP contribution in [0.3, 0.4) is 0 Å². The highest BCUT2D eigenvalue weighted by atomic mass is 19.3. The Morgan fingerprint density at radius 1 is 1.10 bits per heavy atom. The Balaban J connectivity index is 2.32. The van der Waals surface area contributed by atoms with Crippen LogP contribution in [0.25, 0.3) is 0 Å². The number of hydrogen-bond donors (Lipinski definition) is 0. The number of anilines is 1. The Bertz CT molecular complexity index is 1020. The summed E-state index contributed by atoms with van der Waals surface area (Å²) < 4.78 is 50.9. The minimum absolute atomic E-state index is 0.0474. The van der Waals surface area contributed by atoms with E-state index < -0.39 is 44.8 Å². The van der Waals surface area contributed by atoms with Crippen LogP contribution in [0.1, 0.15) is 38.2 Å². The number of nitro groups is 1. The van der Waals surface area contributed by atoms with Gasteiger partial charge >= 0.3 is 17.8 Å². The van der Waals surface area contributed by atoms with E-state index in [1.807, 2.05) is 0 Å². The number of rotatable bonds is 6. The van der Waals surface area contributed by atoms with E-state index in [9.17, 15) is 33.0 Å². The van der Waals surface area contributed by atoms with Crippen molar-refractivity contribution in [2.24, 2.45) is 0 Å². The summed E-state index contributed by atoms with van der Waals surface area (Å²) in [6, 6.07) is 5.08. The maximum atomic E-state index is 14.1. The average Bonchev–Trinajstić information content (AvgIpc) is 2.65. The first-order valence-electron chi connectivity index (χ1n) is 8.73. The van der Waals surface area contributed by atoms with Crippen LogP contribution < -0.4 is 9.86 Å². The molecule has 31 heavy (non-hydrogen) atoms. The van der Waals surface area contributed by atoms with Gasteiger partial charge in [-0.15, -0.1) is 5.12 Å². The molecule has 0 radical (unpaired) electrons. The molecule has 2 aromatic rings. The minimum Gasteiger partial charge on any atom is -0.457 e. The molecule has 1 aromatic heterocycles. The molecular weight excluding hydrogens is 423 g/mol. The van der Waals surface area contributed by atoms with Crippen LogP contribution in [0, 0.1) is 10.1 Å². The number of carbonyl (C=O) groups is 2. The lowest BCUT2D eigenvalue weighted by Gasteiger charge is -2.19. The zero-order valence-corrected chi connectivity index (χ0v) is 16.9. The Hall–Kier alpha value is -3.70. The lowest BCUT2D eigenvalue weighted by Crippen LogP contribution is -2.37. The Morgan fingerprint density at radius 3 is 2.26 bits per heavy atom. The molecule has 1 heterocycles. The molecule has 0 bridgehead atoms. The fourth-order valence-corrected chi connectivity index (χ4v) is 2.21. The zero-order chi connectivity index (χ0) is 23.6. The third-order valence-electron chi connectivity index (χ3n) is 3.48. The topological polar surface area (TPSA) is 112 Å². The molecule has 0 atom stereocenters. The molecule has 2 rings (SSSR count). The summed E-state index contributed by atoms with van der Waals surface area (Å²) in [4.78, 5) is 37.6. The summed E-state index contributed by atoms with van der Waals surface area (Å²) in [5, 5.41) is 10.3. The van der Waals surface area contributed by atoms with E-state index in [1.54, 1.807) is 20.8 Å². The molecule has 1 aromatic carbocycles. The minimum atomic E-state index is -4.08. The van der Waals surface area contributed by atoms with Gasteiger partial charge in [0.05, 0.1) is 11.0 Å². The zero-order valence-electron chi connectivity index (χ0n) is 16.9. The fraction of sp³-hybridized carbons (Fsp3) is 0.316. The molecule has 0 fully saturated rings. The van der Waals surface area contributed by atoms with Gasteiger partial charge < -0.3 is 9.47 Å². The third-order valence-corrected chi connectivity index (χ3v) is 3.48. The number of ether oxygens (including phenoxy) is 2. The standard InChI is InChI=1S/C19H18F3N3O6/c1-18(2,3)31-16(26)13-9-12(7-8-23-13)30-11-5-6-14(15(10-11)25(28)29)24(22)17(27)19(4,20)21/h5-10H,1-4H3. The predicted molar refractivity (Wildman–Crippen MR) is 102 cm³/mol. The quantitative estimate of drug-likeness (QED) is 0.278. The van der Waals surface area contributed by atoms with Gasteiger partial charge in [-0.25, -0.2) is 9.78 Å². The van der Waals surface area contributed by atoms with Crippen molar-refractivity contribution in [1.82, 2.24) is 4.98 Å². The van der Waals surface area contributed by atoms with E-state index in [2.05, 4.69) is 4.98 Å². The number of nitro benzene ring substituents is 1. The van der Waals surface area contributed by atoms with Crippen LogP contribution in [0.5, 0.6) is 11.5 Å². The maximum absolute atomic E-state index is 14.1. The lowest BCUT2D eigenvalue weighted by atomic mass is 10.2. The predicted octanol–water partition coefficient (Wildman–Crippen LogP) is 4.61. The average molecular weight is 441 g/mol. The molecule has 0 aliphatic carbocycles. The molecule has 0 aliphatic rings. The Kier molecular flexibility index (Phi) is 6.52. The Labute approximate surface area is 174 Å². The van der Waals surface area contributed by atoms with Crippen molar-refractivity contribution in [3.05, 3.63) is 52.3 Å². The van der Waals surface area contributed by atoms with Gasteiger partial charge in [-0.2, -0.15) is 8.78 Å². The van der Waals surface area contributed by atoms with Gasteiger partial charge in [-0.3, -0.25) is 14.9 Å². The second-order valence-electron chi connectivity index (χ2n) is 7.36.